The smallest absolute Gasteiger partial charge is 0.322 e. The van der Waals surface area contributed by atoms with Crippen molar-refractivity contribution in [1.82, 2.24) is 4.72 Å². The molecule has 0 fully saturated rings. The van der Waals surface area contributed by atoms with Crippen molar-refractivity contribution in [2.75, 3.05) is 19.4 Å². The summed E-state index contributed by atoms with van der Waals surface area (Å²) in [6.45, 7) is 1.84. The highest BCUT2D eigenvalue weighted by atomic mass is 32.2. The zero-order valence-corrected chi connectivity index (χ0v) is 9.71. The number of rotatable bonds is 7. The van der Waals surface area contributed by atoms with Crippen LogP contribution in [0.2, 0.25) is 0 Å². The second kappa shape index (κ2) is 6.76. The van der Waals surface area contributed by atoms with E-state index in [0.29, 0.717) is 12.8 Å². The van der Waals surface area contributed by atoms with Gasteiger partial charge in [0.25, 0.3) is 0 Å². The Labute approximate surface area is 89.7 Å². The van der Waals surface area contributed by atoms with Gasteiger partial charge in [-0.1, -0.05) is 0 Å². The van der Waals surface area contributed by atoms with E-state index in [1.54, 1.807) is 6.92 Å². The highest BCUT2D eigenvalue weighted by Gasteiger charge is 2.15. The summed E-state index contributed by atoms with van der Waals surface area (Å²) in [5.41, 5.74) is 0. The number of esters is 1. The van der Waals surface area contributed by atoms with Crippen molar-refractivity contribution >= 4 is 16.0 Å². The molecular weight excluding hydrogens is 222 g/mol. The summed E-state index contributed by atoms with van der Waals surface area (Å²) in [7, 11) is -2.47. The van der Waals surface area contributed by atoms with Gasteiger partial charge in [-0.15, -0.1) is 0 Å². The number of aliphatic hydroxyl groups is 1. The van der Waals surface area contributed by atoms with Crippen molar-refractivity contribution in [3.05, 3.63) is 0 Å². The van der Waals surface area contributed by atoms with Crippen LogP contribution in [0.25, 0.3) is 0 Å². The highest BCUT2D eigenvalue weighted by Crippen LogP contribution is 1.95. The molecule has 0 aromatic carbocycles. The van der Waals surface area contributed by atoms with Crippen LogP contribution in [0, 0.1) is 0 Å². The van der Waals surface area contributed by atoms with Crippen molar-refractivity contribution in [2.45, 2.75) is 25.9 Å². The second-order valence-corrected chi connectivity index (χ2v) is 5.03. The molecule has 0 bridgehead atoms. The topological polar surface area (TPSA) is 92.7 Å². The quantitative estimate of drug-likeness (QED) is 0.450. The highest BCUT2D eigenvalue weighted by molar-refractivity contribution is 7.90. The molecule has 0 saturated carbocycles. The van der Waals surface area contributed by atoms with Crippen molar-refractivity contribution in [3.63, 3.8) is 0 Å². The molecule has 0 spiro atoms. The summed E-state index contributed by atoms with van der Waals surface area (Å²) in [5.74, 6) is -1.46. The zero-order valence-electron chi connectivity index (χ0n) is 8.89. The van der Waals surface area contributed by atoms with Crippen LogP contribution < -0.4 is 4.72 Å². The first-order valence-electron chi connectivity index (χ1n) is 4.59. The Morgan fingerprint density at radius 2 is 2.13 bits per heavy atom. The summed E-state index contributed by atoms with van der Waals surface area (Å²) >= 11 is 0. The molecule has 0 amide bonds. The number of nitrogens with one attached hydrogen (secondary N) is 1. The van der Waals surface area contributed by atoms with E-state index in [1.165, 1.54) is 0 Å². The first-order chi connectivity index (χ1) is 6.87. The Bertz CT molecular complexity index is 285. The Morgan fingerprint density at radius 3 is 2.60 bits per heavy atom. The Morgan fingerprint density at radius 1 is 1.53 bits per heavy atom. The van der Waals surface area contributed by atoms with Crippen LogP contribution in [0.5, 0.6) is 0 Å². The maximum absolute atomic E-state index is 11.2. The van der Waals surface area contributed by atoms with Gasteiger partial charge in [0.05, 0.1) is 13.2 Å². The first kappa shape index (κ1) is 14.3. The van der Waals surface area contributed by atoms with Crippen LogP contribution >= 0.6 is 0 Å². The van der Waals surface area contributed by atoms with Crippen molar-refractivity contribution in [1.29, 1.82) is 0 Å². The standard InChI is InChI=1S/C8H17NO5S/c1-7(10)4-3-5-9-15(12,13)6-8(11)14-2/h7,9-10H,3-6H2,1-2H3. The molecule has 7 heteroatoms. The average Bonchev–Trinajstić information content (AvgIpc) is 2.11. The van der Waals surface area contributed by atoms with E-state index in [4.69, 9.17) is 5.11 Å². The number of hydrogen-bond acceptors (Lipinski definition) is 5. The first-order valence-corrected chi connectivity index (χ1v) is 6.25. The molecule has 0 rings (SSSR count). The lowest BCUT2D eigenvalue weighted by Gasteiger charge is -2.06. The minimum Gasteiger partial charge on any atom is -0.468 e. The van der Waals surface area contributed by atoms with Crippen molar-refractivity contribution in [2.24, 2.45) is 0 Å². The largest absolute Gasteiger partial charge is 0.468 e. The molecular formula is C8H17NO5S. The monoisotopic (exact) mass is 239 g/mol. The van der Waals surface area contributed by atoms with Gasteiger partial charge in [-0.3, -0.25) is 4.79 Å². The van der Waals surface area contributed by atoms with Gasteiger partial charge in [0, 0.05) is 6.54 Å². The molecule has 0 aliphatic carbocycles. The summed E-state index contributed by atoms with van der Waals surface area (Å²) in [6, 6.07) is 0. The molecule has 15 heavy (non-hydrogen) atoms. The fraction of sp³-hybridized carbons (Fsp3) is 0.875. The molecule has 2 N–H and O–H groups in total. The van der Waals surface area contributed by atoms with Gasteiger partial charge in [0.2, 0.25) is 10.0 Å². The van der Waals surface area contributed by atoms with E-state index in [-0.39, 0.29) is 6.54 Å². The molecule has 0 aliphatic rings. The fourth-order valence-electron chi connectivity index (χ4n) is 0.890. The fourth-order valence-corrected chi connectivity index (χ4v) is 1.88. The Hall–Kier alpha value is -0.660. The minimum atomic E-state index is -3.60. The van der Waals surface area contributed by atoms with E-state index >= 15 is 0 Å². The molecule has 1 unspecified atom stereocenters. The minimum absolute atomic E-state index is 0.213. The summed E-state index contributed by atoms with van der Waals surface area (Å²) in [4.78, 5) is 10.7. The van der Waals surface area contributed by atoms with Crippen LogP contribution in [-0.4, -0.2) is 45.0 Å². The third-order valence-electron chi connectivity index (χ3n) is 1.66. The molecule has 0 saturated heterocycles. The van der Waals surface area contributed by atoms with E-state index in [9.17, 15) is 13.2 Å². The van der Waals surface area contributed by atoms with E-state index in [0.717, 1.165) is 7.11 Å². The van der Waals surface area contributed by atoms with Gasteiger partial charge in [0.1, 0.15) is 0 Å². The number of carbonyl (C=O) groups excluding carboxylic acids is 1. The van der Waals surface area contributed by atoms with Gasteiger partial charge >= 0.3 is 5.97 Å². The van der Waals surface area contributed by atoms with Crippen LogP contribution in [-0.2, 0) is 19.6 Å². The SMILES string of the molecule is COC(=O)CS(=O)(=O)NCCCC(C)O. The maximum Gasteiger partial charge on any atom is 0.322 e. The lowest BCUT2D eigenvalue weighted by Crippen LogP contribution is -2.31. The lowest BCUT2D eigenvalue weighted by atomic mass is 10.2. The number of hydrogen-bond donors (Lipinski definition) is 2. The van der Waals surface area contributed by atoms with Crippen LogP contribution in [0.4, 0.5) is 0 Å². The van der Waals surface area contributed by atoms with Gasteiger partial charge in [-0.25, -0.2) is 13.1 Å². The summed E-state index contributed by atoms with van der Waals surface area (Å²) < 4.78 is 28.8. The van der Waals surface area contributed by atoms with E-state index in [2.05, 4.69) is 9.46 Å². The number of ether oxygens (including phenoxy) is 1. The van der Waals surface area contributed by atoms with Gasteiger partial charge in [0.15, 0.2) is 5.75 Å². The maximum atomic E-state index is 11.2. The molecule has 0 heterocycles. The Kier molecular flexibility index (Phi) is 6.46. The molecule has 0 aliphatic heterocycles. The normalized spacial score (nSPS) is 13.5. The number of methoxy groups -OCH3 is 1. The predicted octanol–water partition coefficient (Wildman–Crippen LogP) is -0.760. The van der Waals surface area contributed by atoms with Crippen molar-refractivity contribution in [3.8, 4) is 0 Å². The van der Waals surface area contributed by atoms with Crippen LogP contribution in [0.3, 0.4) is 0 Å². The Balaban J connectivity index is 3.80. The molecule has 6 nitrogen and oxygen atoms in total. The van der Waals surface area contributed by atoms with Crippen LogP contribution in [0.15, 0.2) is 0 Å². The van der Waals surface area contributed by atoms with E-state index < -0.39 is 27.8 Å². The molecule has 0 aromatic heterocycles. The summed E-state index contributed by atoms with van der Waals surface area (Å²) in [6.07, 6.45) is 0.592. The molecule has 1 atom stereocenters. The molecule has 0 aromatic rings. The number of aliphatic hydroxyl groups excluding tert-OH is 1. The predicted molar refractivity (Wildman–Crippen MR) is 54.7 cm³/mol. The van der Waals surface area contributed by atoms with E-state index in [1.807, 2.05) is 0 Å². The van der Waals surface area contributed by atoms with Gasteiger partial charge in [-0.05, 0) is 19.8 Å². The third-order valence-corrected chi connectivity index (χ3v) is 2.92. The van der Waals surface area contributed by atoms with Crippen molar-refractivity contribution < 1.29 is 23.1 Å². The average molecular weight is 239 g/mol. The third kappa shape index (κ3) is 8.34. The molecule has 0 radical (unpaired) electrons. The second-order valence-electron chi connectivity index (χ2n) is 3.22. The number of sulfonamides is 1. The number of carbonyl (C=O) groups is 1. The van der Waals surface area contributed by atoms with Crippen LogP contribution in [0.1, 0.15) is 19.8 Å². The zero-order chi connectivity index (χ0) is 11.9. The lowest BCUT2D eigenvalue weighted by molar-refractivity contribution is -0.137. The molecule has 90 valence electrons. The van der Waals surface area contributed by atoms with Gasteiger partial charge in [-0.2, -0.15) is 0 Å². The summed E-state index contributed by atoms with van der Waals surface area (Å²) in [5, 5.41) is 8.91. The van der Waals surface area contributed by atoms with Gasteiger partial charge < -0.3 is 9.84 Å².